The van der Waals surface area contributed by atoms with Crippen LogP contribution in [0.2, 0.25) is 0 Å². The number of halogens is 1. The van der Waals surface area contributed by atoms with E-state index in [9.17, 15) is 4.39 Å². The minimum absolute atomic E-state index is 0.118. The van der Waals surface area contributed by atoms with Gasteiger partial charge in [-0.1, -0.05) is 0 Å². The highest BCUT2D eigenvalue weighted by atomic mass is 19.1. The van der Waals surface area contributed by atoms with Gasteiger partial charge in [0.15, 0.2) is 0 Å². The minimum Gasteiger partial charge on any atom is -0.378 e. The van der Waals surface area contributed by atoms with Crippen LogP contribution in [0.1, 0.15) is 18.5 Å². The van der Waals surface area contributed by atoms with Crippen LogP contribution in [0.15, 0.2) is 18.5 Å². The largest absolute Gasteiger partial charge is 0.378 e. The second-order valence-electron chi connectivity index (χ2n) is 3.56. The molecule has 4 heteroatoms. The Morgan fingerprint density at radius 1 is 1.57 bits per heavy atom. The molecule has 0 aliphatic carbocycles. The average molecular weight is 196 g/mol. The third kappa shape index (κ3) is 2.08. The molecule has 0 spiro atoms. The van der Waals surface area contributed by atoms with Gasteiger partial charge in [-0.25, -0.2) is 4.39 Å². The van der Waals surface area contributed by atoms with Crippen molar-refractivity contribution in [1.29, 1.82) is 0 Å². The first-order valence-electron chi connectivity index (χ1n) is 4.70. The number of hydrogen-bond donors (Lipinski definition) is 1. The first-order valence-corrected chi connectivity index (χ1v) is 4.70. The molecule has 0 amide bonds. The first kappa shape index (κ1) is 9.55. The van der Waals surface area contributed by atoms with Gasteiger partial charge < -0.3 is 10.1 Å². The van der Waals surface area contributed by atoms with Crippen molar-refractivity contribution in [2.75, 3.05) is 13.2 Å². The predicted molar refractivity (Wildman–Crippen MR) is 50.4 cm³/mol. The maximum atomic E-state index is 12.8. The van der Waals surface area contributed by atoms with Crippen LogP contribution in [0.3, 0.4) is 0 Å². The standard InChI is InChI=1S/C10H13FN2O/c1-7(13-10-5-14-6-10)8-2-9(11)4-12-3-8/h2-4,7,10,13H,5-6H2,1H3. The number of ether oxygens (including phenoxy) is 1. The van der Waals surface area contributed by atoms with Gasteiger partial charge in [-0.3, -0.25) is 4.98 Å². The second-order valence-corrected chi connectivity index (χ2v) is 3.56. The highest BCUT2D eigenvalue weighted by Crippen LogP contribution is 2.14. The van der Waals surface area contributed by atoms with Crippen molar-refractivity contribution in [2.24, 2.45) is 0 Å². The minimum atomic E-state index is -0.291. The van der Waals surface area contributed by atoms with Crippen LogP contribution in [0.4, 0.5) is 4.39 Å². The Balaban J connectivity index is 1.98. The van der Waals surface area contributed by atoms with E-state index in [4.69, 9.17) is 4.74 Å². The second kappa shape index (κ2) is 4.02. The Bertz CT molecular complexity index is 315. The highest BCUT2D eigenvalue weighted by Gasteiger charge is 2.20. The SMILES string of the molecule is CC(NC1COC1)c1cncc(F)c1. The summed E-state index contributed by atoms with van der Waals surface area (Å²) in [6.07, 6.45) is 2.89. The molecule has 1 aromatic heterocycles. The normalized spacial score (nSPS) is 19.0. The Morgan fingerprint density at radius 3 is 2.93 bits per heavy atom. The quantitative estimate of drug-likeness (QED) is 0.790. The molecule has 76 valence electrons. The van der Waals surface area contributed by atoms with Crippen LogP contribution < -0.4 is 5.32 Å². The van der Waals surface area contributed by atoms with Gasteiger partial charge in [0.05, 0.1) is 25.5 Å². The van der Waals surface area contributed by atoms with Crippen molar-refractivity contribution in [3.05, 3.63) is 29.8 Å². The lowest BCUT2D eigenvalue weighted by atomic mass is 10.1. The van der Waals surface area contributed by atoms with Crippen molar-refractivity contribution in [3.8, 4) is 0 Å². The molecule has 1 N–H and O–H groups in total. The summed E-state index contributed by atoms with van der Waals surface area (Å²) in [6, 6.07) is 2.02. The molecule has 0 aromatic carbocycles. The van der Waals surface area contributed by atoms with E-state index in [1.54, 1.807) is 6.20 Å². The van der Waals surface area contributed by atoms with Gasteiger partial charge >= 0.3 is 0 Å². The zero-order valence-electron chi connectivity index (χ0n) is 8.03. The van der Waals surface area contributed by atoms with Crippen molar-refractivity contribution in [1.82, 2.24) is 10.3 Å². The van der Waals surface area contributed by atoms with E-state index in [-0.39, 0.29) is 11.9 Å². The fourth-order valence-corrected chi connectivity index (χ4v) is 1.45. The van der Waals surface area contributed by atoms with Crippen LogP contribution in [0.25, 0.3) is 0 Å². The Morgan fingerprint density at radius 2 is 2.36 bits per heavy atom. The summed E-state index contributed by atoms with van der Waals surface area (Å²) in [5.74, 6) is -0.291. The molecule has 1 unspecified atom stereocenters. The molecule has 14 heavy (non-hydrogen) atoms. The van der Waals surface area contributed by atoms with Crippen LogP contribution >= 0.6 is 0 Å². The van der Waals surface area contributed by atoms with E-state index in [0.29, 0.717) is 6.04 Å². The Labute approximate surface area is 82.3 Å². The lowest BCUT2D eigenvalue weighted by Gasteiger charge is -2.30. The topological polar surface area (TPSA) is 34.1 Å². The van der Waals surface area contributed by atoms with Gasteiger partial charge in [0.1, 0.15) is 5.82 Å². The molecule has 0 saturated carbocycles. The molecule has 1 atom stereocenters. The van der Waals surface area contributed by atoms with Crippen molar-refractivity contribution >= 4 is 0 Å². The summed E-state index contributed by atoms with van der Waals surface area (Å²) in [5, 5.41) is 3.33. The maximum absolute atomic E-state index is 12.8. The Hall–Kier alpha value is -1.00. The van der Waals surface area contributed by atoms with E-state index < -0.39 is 0 Å². The van der Waals surface area contributed by atoms with Gasteiger partial charge in [-0.05, 0) is 18.6 Å². The molecule has 2 heterocycles. The molecule has 2 rings (SSSR count). The summed E-state index contributed by atoms with van der Waals surface area (Å²) in [5.41, 5.74) is 0.872. The van der Waals surface area contributed by atoms with Gasteiger partial charge in [-0.2, -0.15) is 0 Å². The molecular formula is C10H13FN2O. The van der Waals surface area contributed by atoms with Gasteiger partial charge in [0.2, 0.25) is 0 Å². The zero-order valence-corrected chi connectivity index (χ0v) is 8.03. The molecule has 1 aliphatic heterocycles. The average Bonchev–Trinajstić information content (AvgIpc) is 2.11. The number of nitrogens with zero attached hydrogens (tertiary/aromatic N) is 1. The smallest absolute Gasteiger partial charge is 0.141 e. The number of hydrogen-bond acceptors (Lipinski definition) is 3. The third-order valence-corrected chi connectivity index (χ3v) is 2.35. The van der Waals surface area contributed by atoms with E-state index in [1.807, 2.05) is 6.92 Å². The van der Waals surface area contributed by atoms with Crippen LogP contribution in [0.5, 0.6) is 0 Å². The molecular weight excluding hydrogens is 183 g/mol. The Kier molecular flexibility index (Phi) is 2.74. The summed E-state index contributed by atoms with van der Waals surface area (Å²) in [4.78, 5) is 3.81. The molecule has 0 bridgehead atoms. The monoisotopic (exact) mass is 196 g/mol. The van der Waals surface area contributed by atoms with Crippen LogP contribution in [-0.2, 0) is 4.74 Å². The van der Waals surface area contributed by atoms with Gasteiger partial charge in [0.25, 0.3) is 0 Å². The van der Waals surface area contributed by atoms with Crippen molar-refractivity contribution in [3.63, 3.8) is 0 Å². The molecule has 1 fully saturated rings. The maximum Gasteiger partial charge on any atom is 0.141 e. The van der Waals surface area contributed by atoms with Gasteiger partial charge in [0, 0.05) is 12.2 Å². The van der Waals surface area contributed by atoms with E-state index in [1.165, 1.54) is 12.3 Å². The van der Waals surface area contributed by atoms with Crippen LogP contribution in [-0.4, -0.2) is 24.2 Å². The van der Waals surface area contributed by atoms with E-state index in [2.05, 4.69) is 10.3 Å². The molecule has 0 radical (unpaired) electrons. The predicted octanol–water partition coefficient (Wildman–Crippen LogP) is 1.27. The van der Waals surface area contributed by atoms with Gasteiger partial charge in [-0.15, -0.1) is 0 Å². The van der Waals surface area contributed by atoms with Crippen molar-refractivity contribution < 1.29 is 9.13 Å². The first-order chi connectivity index (χ1) is 6.75. The van der Waals surface area contributed by atoms with Crippen molar-refractivity contribution in [2.45, 2.75) is 19.0 Å². The summed E-state index contributed by atoms with van der Waals surface area (Å²) >= 11 is 0. The highest BCUT2D eigenvalue weighted by molar-refractivity contribution is 5.14. The van der Waals surface area contributed by atoms with Crippen LogP contribution in [0, 0.1) is 5.82 Å². The molecule has 1 aromatic rings. The number of aromatic nitrogens is 1. The number of rotatable bonds is 3. The third-order valence-electron chi connectivity index (χ3n) is 2.35. The zero-order chi connectivity index (χ0) is 9.97. The summed E-state index contributed by atoms with van der Waals surface area (Å²) < 4.78 is 17.9. The molecule has 1 saturated heterocycles. The molecule has 3 nitrogen and oxygen atoms in total. The fourth-order valence-electron chi connectivity index (χ4n) is 1.45. The van der Waals surface area contributed by atoms with E-state index >= 15 is 0 Å². The van der Waals surface area contributed by atoms with E-state index in [0.717, 1.165) is 18.8 Å². The number of pyridine rings is 1. The number of nitrogens with one attached hydrogen (secondary N) is 1. The lowest BCUT2D eigenvalue weighted by molar-refractivity contribution is -0.00927. The lowest BCUT2D eigenvalue weighted by Crippen LogP contribution is -2.46. The fraction of sp³-hybridized carbons (Fsp3) is 0.500. The summed E-state index contributed by atoms with van der Waals surface area (Å²) in [7, 11) is 0. The summed E-state index contributed by atoms with van der Waals surface area (Å²) in [6.45, 7) is 3.48. The molecule has 1 aliphatic rings.